The van der Waals surface area contributed by atoms with Gasteiger partial charge in [-0.1, -0.05) is 11.6 Å². The van der Waals surface area contributed by atoms with Crippen LogP contribution in [-0.2, 0) is 5.41 Å². The van der Waals surface area contributed by atoms with Crippen molar-refractivity contribution in [2.45, 2.75) is 38.5 Å². The number of nitrogens with one attached hydrogen (secondary N) is 1. The molecule has 1 N–H and O–H groups in total. The second kappa shape index (κ2) is 4.66. The number of likely N-dealkylation sites (tertiary alicyclic amines) is 1. The summed E-state index contributed by atoms with van der Waals surface area (Å²) in [7, 11) is 0. The first kappa shape index (κ1) is 13.5. The molecule has 1 amide bonds. The number of aromatic amines is 1. The number of carbonyl (C=O) groups excluding carboxylic acids is 1. The number of hydrogen-bond acceptors (Lipinski definition) is 5. The van der Waals surface area contributed by atoms with Crippen LogP contribution < -0.4 is 0 Å². The lowest BCUT2D eigenvalue weighted by Gasteiger charge is -2.23. The van der Waals surface area contributed by atoms with Gasteiger partial charge in [0.05, 0.1) is 5.41 Å². The van der Waals surface area contributed by atoms with Gasteiger partial charge in [0, 0.05) is 18.8 Å². The van der Waals surface area contributed by atoms with E-state index in [9.17, 15) is 4.79 Å². The van der Waals surface area contributed by atoms with Gasteiger partial charge in [-0.15, -0.1) is 0 Å². The molecule has 2 aromatic rings. The molecule has 0 spiro atoms. The van der Waals surface area contributed by atoms with Gasteiger partial charge < -0.3 is 9.42 Å². The zero-order valence-corrected chi connectivity index (χ0v) is 12.8. The number of H-pyrrole nitrogens is 1. The number of aromatic nitrogens is 4. The van der Waals surface area contributed by atoms with Crippen LogP contribution in [0.15, 0.2) is 10.6 Å². The summed E-state index contributed by atoms with van der Waals surface area (Å²) in [4.78, 5) is 19.0. The molecule has 0 radical (unpaired) electrons. The summed E-state index contributed by atoms with van der Waals surface area (Å²) < 4.78 is 5.47. The molecule has 2 atom stereocenters. The molecular formula is C15H19N5O2. The van der Waals surface area contributed by atoms with E-state index >= 15 is 0 Å². The third-order valence-corrected chi connectivity index (χ3v) is 5.04. The summed E-state index contributed by atoms with van der Waals surface area (Å²) in [5.74, 6) is 1.73. The van der Waals surface area contributed by atoms with E-state index in [0.29, 0.717) is 29.9 Å². The Balaban J connectivity index is 1.63. The molecule has 22 heavy (non-hydrogen) atoms. The zero-order valence-electron chi connectivity index (χ0n) is 12.8. The molecule has 1 saturated carbocycles. The highest BCUT2D eigenvalue weighted by atomic mass is 16.5. The van der Waals surface area contributed by atoms with E-state index in [1.807, 2.05) is 18.7 Å². The van der Waals surface area contributed by atoms with Crippen LogP contribution in [0.5, 0.6) is 0 Å². The molecule has 7 nitrogen and oxygen atoms in total. The Kier molecular flexibility index (Phi) is 2.85. The fourth-order valence-electron chi connectivity index (χ4n) is 3.98. The van der Waals surface area contributed by atoms with Crippen LogP contribution >= 0.6 is 0 Å². The van der Waals surface area contributed by atoms with Crippen LogP contribution in [0, 0.1) is 19.8 Å². The van der Waals surface area contributed by atoms with Crippen molar-refractivity contribution in [3.63, 3.8) is 0 Å². The van der Waals surface area contributed by atoms with Crippen molar-refractivity contribution in [1.82, 2.24) is 25.2 Å². The molecule has 3 heterocycles. The van der Waals surface area contributed by atoms with Gasteiger partial charge in [0.15, 0.2) is 5.82 Å². The van der Waals surface area contributed by atoms with Crippen LogP contribution in [0.4, 0.5) is 0 Å². The van der Waals surface area contributed by atoms with Crippen molar-refractivity contribution in [2.75, 3.05) is 13.1 Å². The minimum absolute atomic E-state index is 0.0191. The molecule has 2 fully saturated rings. The lowest BCUT2D eigenvalue weighted by molar-refractivity contribution is 0.0769. The SMILES string of the molecule is Cc1noc([C@]23CCC[C@H]2CN(C(=O)c2cc(C)[nH]n2)C3)n1. The van der Waals surface area contributed by atoms with Crippen molar-refractivity contribution in [2.24, 2.45) is 5.92 Å². The molecule has 1 aliphatic carbocycles. The summed E-state index contributed by atoms with van der Waals surface area (Å²) in [5.41, 5.74) is 1.21. The summed E-state index contributed by atoms with van der Waals surface area (Å²) in [6, 6.07) is 1.79. The van der Waals surface area contributed by atoms with E-state index in [-0.39, 0.29) is 11.3 Å². The van der Waals surface area contributed by atoms with Gasteiger partial charge in [-0.25, -0.2) is 0 Å². The molecule has 0 aromatic carbocycles. The number of aryl methyl sites for hydroxylation is 2. The van der Waals surface area contributed by atoms with Crippen molar-refractivity contribution >= 4 is 5.91 Å². The second-order valence-electron chi connectivity index (χ2n) is 6.51. The first-order valence-electron chi connectivity index (χ1n) is 7.70. The van der Waals surface area contributed by atoms with E-state index in [0.717, 1.165) is 31.5 Å². The minimum atomic E-state index is -0.164. The Bertz CT molecular complexity index is 721. The zero-order chi connectivity index (χ0) is 15.3. The maximum absolute atomic E-state index is 12.6. The number of amides is 1. The molecule has 2 aromatic heterocycles. The third-order valence-electron chi connectivity index (χ3n) is 5.04. The van der Waals surface area contributed by atoms with Crippen LogP contribution in [-0.4, -0.2) is 44.2 Å². The smallest absolute Gasteiger partial charge is 0.274 e. The normalized spacial score (nSPS) is 27.4. The Morgan fingerprint density at radius 2 is 2.36 bits per heavy atom. The quantitative estimate of drug-likeness (QED) is 0.910. The number of fused-ring (bicyclic) bond motifs is 1. The largest absolute Gasteiger partial charge is 0.339 e. The van der Waals surface area contributed by atoms with E-state index in [1.165, 1.54) is 0 Å². The van der Waals surface area contributed by atoms with E-state index in [1.54, 1.807) is 6.07 Å². The minimum Gasteiger partial charge on any atom is -0.339 e. The summed E-state index contributed by atoms with van der Waals surface area (Å²) in [6.07, 6.45) is 3.25. The lowest BCUT2D eigenvalue weighted by Crippen LogP contribution is -2.35. The number of rotatable bonds is 2. The molecule has 0 unspecified atom stereocenters. The van der Waals surface area contributed by atoms with Gasteiger partial charge in [0.1, 0.15) is 5.69 Å². The van der Waals surface area contributed by atoms with Crippen LogP contribution in [0.1, 0.15) is 47.2 Å². The predicted molar refractivity (Wildman–Crippen MR) is 77.3 cm³/mol. The van der Waals surface area contributed by atoms with Gasteiger partial charge in [-0.05, 0) is 38.7 Å². The van der Waals surface area contributed by atoms with Crippen LogP contribution in [0.2, 0.25) is 0 Å². The van der Waals surface area contributed by atoms with Gasteiger partial charge in [0.2, 0.25) is 5.89 Å². The summed E-state index contributed by atoms with van der Waals surface area (Å²) in [5, 5.41) is 10.9. The topological polar surface area (TPSA) is 87.9 Å². The first-order valence-corrected chi connectivity index (χ1v) is 7.70. The van der Waals surface area contributed by atoms with Gasteiger partial charge in [0.25, 0.3) is 5.91 Å². The predicted octanol–water partition coefficient (Wildman–Crippen LogP) is 1.60. The van der Waals surface area contributed by atoms with Crippen molar-refractivity contribution in [1.29, 1.82) is 0 Å². The Hall–Kier alpha value is -2.18. The third kappa shape index (κ3) is 1.88. The van der Waals surface area contributed by atoms with Crippen LogP contribution in [0.3, 0.4) is 0 Å². The highest BCUT2D eigenvalue weighted by Gasteiger charge is 2.55. The molecular weight excluding hydrogens is 282 g/mol. The maximum Gasteiger partial charge on any atom is 0.274 e. The highest BCUT2D eigenvalue weighted by Crippen LogP contribution is 2.50. The Morgan fingerprint density at radius 1 is 1.50 bits per heavy atom. The summed E-state index contributed by atoms with van der Waals surface area (Å²) >= 11 is 0. The molecule has 1 saturated heterocycles. The summed E-state index contributed by atoms with van der Waals surface area (Å²) in [6.45, 7) is 5.11. The average Bonchev–Trinajstić information content (AvgIpc) is 3.19. The molecule has 4 rings (SSSR count). The fourth-order valence-corrected chi connectivity index (χ4v) is 3.98. The maximum atomic E-state index is 12.6. The fraction of sp³-hybridized carbons (Fsp3) is 0.600. The molecule has 7 heteroatoms. The van der Waals surface area contributed by atoms with E-state index in [4.69, 9.17) is 4.52 Å². The van der Waals surface area contributed by atoms with Gasteiger partial charge in [-0.3, -0.25) is 9.89 Å². The van der Waals surface area contributed by atoms with Crippen molar-refractivity contribution in [3.05, 3.63) is 29.2 Å². The number of hydrogen-bond donors (Lipinski definition) is 1. The molecule has 0 bridgehead atoms. The number of carbonyl (C=O) groups is 1. The Morgan fingerprint density at radius 3 is 3.05 bits per heavy atom. The molecule has 1 aliphatic heterocycles. The Labute approximate surface area is 128 Å². The van der Waals surface area contributed by atoms with Gasteiger partial charge in [-0.2, -0.15) is 10.1 Å². The second-order valence-corrected chi connectivity index (χ2v) is 6.51. The number of nitrogens with zero attached hydrogens (tertiary/aromatic N) is 4. The van der Waals surface area contributed by atoms with Gasteiger partial charge >= 0.3 is 0 Å². The van der Waals surface area contributed by atoms with E-state index in [2.05, 4.69) is 20.3 Å². The van der Waals surface area contributed by atoms with Crippen LogP contribution in [0.25, 0.3) is 0 Å². The lowest BCUT2D eigenvalue weighted by atomic mass is 9.80. The monoisotopic (exact) mass is 301 g/mol. The van der Waals surface area contributed by atoms with Crippen molar-refractivity contribution in [3.8, 4) is 0 Å². The first-order chi connectivity index (χ1) is 10.6. The van der Waals surface area contributed by atoms with Crippen molar-refractivity contribution < 1.29 is 9.32 Å². The average molecular weight is 301 g/mol. The molecule has 116 valence electrons. The van der Waals surface area contributed by atoms with E-state index < -0.39 is 0 Å². The standard InChI is InChI=1S/C15H19N5O2/c1-9-6-12(18-17-9)13(21)20-7-11-4-3-5-15(11,8-20)14-16-10(2)19-22-14/h6,11H,3-5,7-8H2,1-2H3,(H,17,18)/t11-,15-/m0/s1. The highest BCUT2D eigenvalue weighted by molar-refractivity contribution is 5.92. The molecule has 2 aliphatic rings.